The number of hydrogen-bond acceptors (Lipinski definition) is 8. The van der Waals surface area contributed by atoms with Crippen LogP contribution in [-0.4, -0.2) is 47.9 Å². The van der Waals surface area contributed by atoms with E-state index in [9.17, 15) is 23.3 Å². The van der Waals surface area contributed by atoms with Crippen molar-refractivity contribution in [3.63, 3.8) is 0 Å². The highest BCUT2D eigenvalue weighted by molar-refractivity contribution is 7.98. The van der Waals surface area contributed by atoms with Gasteiger partial charge in [0, 0.05) is 36.0 Å². The molecule has 1 aromatic heterocycles. The summed E-state index contributed by atoms with van der Waals surface area (Å²) in [6.45, 7) is 0.521. The van der Waals surface area contributed by atoms with Gasteiger partial charge in [0.1, 0.15) is 0 Å². The lowest BCUT2D eigenvalue weighted by Crippen LogP contribution is -2.41. The molecule has 0 spiro atoms. The summed E-state index contributed by atoms with van der Waals surface area (Å²) in [5.74, 6) is -0.554. The number of amides is 1. The maximum absolute atomic E-state index is 12.9. The van der Waals surface area contributed by atoms with Crippen LogP contribution in [0.25, 0.3) is 10.2 Å². The average Bonchev–Trinajstić information content (AvgIpc) is 3.20. The standard InChI is InChI=1S/C20H20N4O5S3/c1-30-15-3-5-16(6-4-15)32(28,29)23-10-8-13(9-11-23)19(25)22-20-21-17-7-2-14(24(26)27)12-18(17)31-20/h2-7,12-13H,8-11H2,1H3,(H,21,22,25). The molecule has 0 radical (unpaired) electrons. The van der Waals surface area contributed by atoms with Crippen molar-refractivity contribution in [3.8, 4) is 0 Å². The van der Waals surface area contributed by atoms with Gasteiger partial charge in [0.2, 0.25) is 15.9 Å². The van der Waals surface area contributed by atoms with Crippen molar-refractivity contribution in [2.75, 3.05) is 24.7 Å². The molecule has 1 aliphatic rings. The fourth-order valence-corrected chi connectivity index (χ4v) is 6.32. The van der Waals surface area contributed by atoms with Crippen LogP contribution in [0.1, 0.15) is 12.8 Å². The molecule has 12 heteroatoms. The summed E-state index contributed by atoms with van der Waals surface area (Å²) in [7, 11) is -3.60. The second kappa shape index (κ2) is 9.14. The van der Waals surface area contributed by atoms with E-state index >= 15 is 0 Å². The molecule has 1 saturated heterocycles. The number of piperidine rings is 1. The van der Waals surface area contributed by atoms with E-state index in [2.05, 4.69) is 10.3 Å². The van der Waals surface area contributed by atoms with Crippen LogP contribution in [0, 0.1) is 16.0 Å². The van der Waals surface area contributed by atoms with E-state index in [0.717, 1.165) is 4.90 Å². The molecule has 0 unspecified atom stereocenters. The van der Waals surface area contributed by atoms with Gasteiger partial charge in [-0.2, -0.15) is 4.31 Å². The van der Waals surface area contributed by atoms with Crippen LogP contribution in [0.5, 0.6) is 0 Å². The smallest absolute Gasteiger partial charge is 0.270 e. The summed E-state index contributed by atoms with van der Waals surface area (Å²) in [5, 5.41) is 14.1. The highest BCUT2D eigenvalue weighted by Crippen LogP contribution is 2.31. The predicted molar refractivity (Wildman–Crippen MR) is 125 cm³/mol. The van der Waals surface area contributed by atoms with Crippen LogP contribution in [0.4, 0.5) is 10.8 Å². The summed E-state index contributed by atoms with van der Waals surface area (Å²) in [6, 6.07) is 11.1. The summed E-state index contributed by atoms with van der Waals surface area (Å²) < 4.78 is 27.8. The van der Waals surface area contributed by atoms with E-state index in [1.54, 1.807) is 42.1 Å². The Bertz CT molecular complexity index is 1270. The number of carbonyl (C=O) groups is 1. The van der Waals surface area contributed by atoms with E-state index in [4.69, 9.17) is 0 Å². The number of thiazole rings is 1. The molecule has 0 atom stereocenters. The lowest BCUT2D eigenvalue weighted by Gasteiger charge is -2.30. The maximum Gasteiger partial charge on any atom is 0.270 e. The molecular formula is C20H20N4O5S3. The van der Waals surface area contributed by atoms with Gasteiger partial charge < -0.3 is 5.32 Å². The topological polar surface area (TPSA) is 123 Å². The first-order chi connectivity index (χ1) is 15.3. The van der Waals surface area contributed by atoms with Gasteiger partial charge in [0.25, 0.3) is 5.69 Å². The number of nitrogens with zero attached hydrogens (tertiary/aromatic N) is 3. The van der Waals surface area contributed by atoms with Gasteiger partial charge in [-0.15, -0.1) is 11.8 Å². The summed E-state index contributed by atoms with van der Waals surface area (Å²) in [4.78, 5) is 28.7. The zero-order valence-corrected chi connectivity index (χ0v) is 19.5. The minimum Gasteiger partial charge on any atom is -0.302 e. The molecule has 1 N–H and O–H groups in total. The summed E-state index contributed by atoms with van der Waals surface area (Å²) in [5.41, 5.74) is 0.542. The molecule has 2 heterocycles. The van der Waals surface area contributed by atoms with E-state index < -0.39 is 14.9 Å². The molecule has 2 aromatic carbocycles. The molecule has 4 rings (SSSR count). The molecule has 32 heavy (non-hydrogen) atoms. The number of non-ortho nitro benzene ring substituents is 1. The first-order valence-corrected chi connectivity index (χ1v) is 13.3. The highest BCUT2D eigenvalue weighted by Gasteiger charge is 2.32. The summed E-state index contributed by atoms with van der Waals surface area (Å²) >= 11 is 2.71. The van der Waals surface area contributed by atoms with Crippen LogP contribution in [0.2, 0.25) is 0 Å². The van der Waals surface area contributed by atoms with Gasteiger partial charge >= 0.3 is 0 Å². The van der Waals surface area contributed by atoms with Crippen molar-refractivity contribution < 1.29 is 18.1 Å². The molecule has 3 aromatic rings. The van der Waals surface area contributed by atoms with Crippen molar-refractivity contribution in [2.45, 2.75) is 22.6 Å². The molecule has 0 bridgehead atoms. The SMILES string of the molecule is CSc1ccc(S(=O)(=O)N2CCC(C(=O)Nc3nc4ccc([N+](=O)[O-])cc4s3)CC2)cc1. The number of nitro benzene ring substituents is 1. The van der Waals surface area contributed by atoms with Crippen LogP contribution in [0.3, 0.4) is 0 Å². The number of sulfonamides is 1. The maximum atomic E-state index is 12.9. The van der Waals surface area contributed by atoms with Crippen molar-refractivity contribution in [1.82, 2.24) is 9.29 Å². The number of fused-ring (bicyclic) bond motifs is 1. The number of carbonyl (C=O) groups excluding carboxylic acids is 1. The highest BCUT2D eigenvalue weighted by atomic mass is 32.2. The van der Waals surface area contributed by atoms with Crippen molar-refractivity contribution in [1.29, 1.82) is 0 Å². The number of hydrogen-bond donors (Lipinski definition) is 1. The fraction of sp³-hybridized carbons (Fsp3) is 0.300. The quantitative estimate of drug-likeness (QED) is 0.314. The predicted octanol–water partition coefficient (Wildman–Crippen LogP) is 3.97. The Kier molecular flexibility index (Phi) is 6.47. The fourth-order valence-electron chi connectivity index (χ4n) is 3.54. The number of rotatable bonds is 6. The molecule has 0 saturated carbocycles. The first kappa shape index (κ1) is 22.6. The zero-order chi connectivity index (χ0) is 22.9. The molecular weight excluding hydrogens is 472 g/mol. The molecule has 1 fully saturated rings. The Morgan fingerprint density at radius 2 is 1.91 bits per heavy atom. The number of aromatic nitrogens is 1. The molecule has 0 aliphatic carbocycles. The third-order valence-corrected chi connectivity index (χ3v) is 8.92. The third-order valence-electron chi connectivity index (χ3n) is 5.33. The second-order valence-electron chi connectivity index (χ2n) is 7.27. The van der Waals surface area contributed by atoms with Gasteiger partial charge in [-0.3, -0.25) is 14.9 Å². The number of thioether (sulfide) groups is 1. The van der Waals surface area contributed by atoms with E-state index in [0.29, 0.717) is 28.2 Å². The van der Waals surface area contributed by atoms with E-state index in [1.165, 1.54) is 27.8 Å². The average molecular weight is 493 g/mol. The van der Waals surface area contributed by atoms with Gasteiger partial charge in [-0.1, -0.05) is 11.3 Å². The monoisotopic (exact) mass is 492 g/mol. The molecule has 168 valence electrons. The van der Waals surface area contributed by atoms with Crippen LogP contribution in [0.15, 0.2) is 52.3 Å². The normalized spacial score (nSPS) is 15.7. The van der Waals surface area contributed by atoms with E-state index in [1.807, 2.05) is 6.26 Å². The van der Waals surface area contributed by atoms with Gasteiger partial charge in [-0.05, 0) is 49.4 Å². The number of nitro groups is 1. The lowest BCUT2D eigenvalue weighted by molar-refractivity contribution is -0.384. The van der Waals surface area contributed by atoms with Gasteiger partial charge in [0.05, 0.1) is 20.0 Å². The Labute approximate surface area is 193 Å². The largest absolute Gasteiger partial charge is 0.302 e. The van der Waals surface area contributed by atoms with Crippen LogP contribution in [-0.2, 0) is 14.8 Å². The number of nitrogens with one attached hydrogen (secondary N) is 1. The van der Waals surface area contributed by atoms with Crippen molar-refractivity contribution in [3.05, 3.63) is 52.6 Å². The second-order valence-corrected chi connectivity index (χ2v) is 11.1. The van der Waals surface area contributed by atoms with Crippen molar-refractivity contribution in [2.24, 2.45) is 5.92 Å². The van der Waals surface area contributed by atoms with E-state index in [-0.39, 0.29) is 35.5 Å². The number of anilines is 1. The van der Waals surface area contributed by atoms with Crippen molar-refractivity contribution >= 4 is 60.1 Å². The molecule has 9 nitrogen and oxygen atoms in total. The van der Waals surface area contributed by atoms with Crippen LogP contribution < -0.4 is 5.32 Å². The minimum absolute atomic E-state index is 0.0318. The Morgan fingerprint density at radius 3 is 2.53 bits per heavy atom. The van der Waals surface area contributed by atoms with Gasteiger partial charge in [0.15, 0.2) is 5.13 Å². The third kappa shape index (κ3) is 4.63. The Hall–Kier alpha value is -2.54. The van der Waals surface area contributed by atoms with Gasteiger partial charge in [-0.25, -0.2) is 13.4 Å². The first-order valence-electron chi connectivity index (χ1n) is 9.78. The lowest BCUT2D eigenvalue weighted by atomic mass is 9.97. The summed E-state index contributed by atoms with van der Waals surface area (Å²) in [6.07, 6.45) is 2.74. The van der Waals surface area contributed by atoms with Crippen LogP contribution >= 0.6 is 23.1 Å². The Balaban J connectivity index is 1.39. The minimum atomic E-state index is -3.60. The molecule has 1 aliphatic heterocycles. The molecule has 1 amide bonds. The Morgan fingerprint density at radius 1 is 1.22 bits per heavy atom. The number of benzene rings is 2. The zero-order valence-electron chi connectivity index (χ0n) is 17.1.